The van der Waals surface area contributed by atoms with Crippen LogP contribution in [0.2, 0.25) is 5.02 Å². The van der Waals surface area contributed by atoms with Crippen LogP contribution in [0.25, 0.3) is 0 Å². The van der Waals surface area contributed by atoms with Gasteiger partial charge in [0.25, 0.3) is 5.91 Å². The monoisotopic (exact) mass is 318 g/mol. The summed E-state index contributed by atoms with van der Waals surface area (Å²) in [7, 11) is 1.54. The lowest BCUT2D eigenvalue weighted by Crippen LogP contribution is -2.24. The molecule has 0 fully saturated rings. The van der Waals surface area contributed by atoms with Gasteiger partial charge in [0.15, 0.2) is 18.1 Å². The number of carbonyl (C=O) groups is 1. The van der Waals surface area contributed by atoms with E-state index in [1.165, 1.54) is 13.3 Å². The predicted molar refractivity (Wildman–Crippen MR) is 85.7 cm³/mol. The van der Waals surface area contributed by atoms with E-state index in [1.54, 1.807) is 30.3 Å². The zero-order valence-electron chi connectivity index (χ0n) is 12.0. The summed E-state index contributed by atoms with van der Waals surface area (Å²) in [6.45, 7) is -0.166. The van der Waals surface area contributed by atoms with Crippen LogP contribution in [0, 0.1) is 0 Å². The minimum absolute atomic E-state index is 0.166. The number of para-hydroxylation sites is 2. The molecule has 0 bridgehead atoms. The summed E-state index contributed by atoms with van der Waals surface area (Å²) < 4.78 is 10.5. The maximum absolute atomic E-state index is 11.7. The first-order valence-corrected chi connectivity index (χ1v) is 6.90. The molecule has 0 saturated heterocycles. The van der Waals surface area contributed by atoms with Gasteiger partial charge in [0, 0.05) is 10.6 Å². The SMILES string of the molecule is COc1ccccc1OCC(=O)N/N=C/c1ccccc1Cl. The average molecular weight is 319 g/mol. The minimum atomic E-state index is -0.380. The lowest BCUT2D eigenvalue weighted by Gasteiger charge is -2.09. The first kappa shape index (κ1) is 15.9. The van der Waals surface area contributed by atoms with Crippen molar-refractivity contribution in [3.8, 4) is 11.5 Å². The fourth-order valence-electron chi connectivity index (χ4n) is 1.67. The molecule has 0 heterocycles. The van der Waals surface area contributed by atoms with E-state index in [0.717, 1.165) is 5.56 Å². The first-order chi connectivity index (χ1) is 10.7. The molecule has 0 spiro atoms. The van der Waals surface area contributed by atoms with Gasteiger partial charge < -0.3 is 9.47 Å². The molecular formula is C16H15ClN2O3. The second-order valence-electron chi connectivity index (χ2n) is 4.25. The Labute approximate surface area is 133 Å². The van der Waals surface area contributed by atoms with Gasteiger partial charge in [0.2, 0.25) is 0 Å². The number of hydrogen-bond donors (Lipinski definition) is 1. The van der Waals surface area contributed by atoms with Crippen molar-refractivity contribution in [3.63, 3.8) is 0 Å². The Balaban J connectivity index is 1.85. The summed E-state index contributed by atoms with van der Waals surface area (Å²) in [5.74, 6) is 0.680. The molecule has 22 heavy (non-hydrogen) atoms. The smallest absolute Gasteiger partial charge is 0.277 e. The Morgan fingerprint density at radius 1 is 1.18 bits per heavy atom. The van der Waals surface area contributed by atoms with Crippen molar-refractivity contribution in [2.75, 3.05) is 13.7 Å². The number of rotatable bonds is 6. The molecule has 0 unspecified atom stereocenters. The van der Waals surface area contributed by atoms with Crippen LogP contribution in [0.15, 0.2) is 53.6 Å². The predicted octanol–water partition coefficient (Wildman–Crippen LogP) is 2.88. The van der Waals surface area contributed by atoms with Crippen molar-refractivity contribution in [1.82, 2.24) is 5.43 Å². The lowest BCUT2D eigenvalue weighted by atomic mass is 10.2. The number of carbonyl (C=O) groups excluding carboxylic acids is 1. The Morgan fingerprint density at radius 3 is 2.59 bits per heavy atom. The van der Waals surface area contributed by atoms with Crippen molar-refractivity contribution in [2.24, 2.45) is 5.10 Å². The van der Waals surface area contributed by atoms with Crippen LogP contribution >= 0.6 is 11.6 Å². The second kappa shape index (κ2) is 8.05. The third-order valence-electron chi connectivity index (χ3n) is 2.73. The molecule has 5 nitrogen and oxygen atoms in total. The van der Waals surface area contributed by atoms with E-state index in [1.807, 2.05) is 18.2 Å². The summed E-state index contributed by atoms with van der Waals surface area (Å²) >= 11 is 5.97. The number of benzene rings is 2. The summed E-state index contributed by atoms with van der Waals surface area (Å²) in [6, 6.07) is 14.3. The molecule has 0 aliphatic heterocycles. The van der Waals surface area contributed by atoms with Crippen LogP contribution in [-0.2, 0) is 4.79 Å². The minimum Gasteiger partial charge on any atom is -0.493 e. The maximum atomic E-state index is 11.7. The molecule has 0 aliphatic carbocycles. The number of amides is 1. The van der Waals surface area contributed by atoms with Crippen LogP contribution in [-0.4, -0.2) is 25.8 Å². The highest BCUT2D eigenvalue weighted by Crippen LogP contribution is 2.25. The fourth-order valence-corrected chi connectivity index (χ4v) is 1.85. The summed E-state index contributed by atoms with van der Waals surface area (Å²) in [6.07, 6.45) is 1.48. The van der Waals surface area contributed by atoms with E-state index in [9.17, 15) is 4.79 Å². The first-order valence-electron chi connectivity index (χ1n) is 6.53. The fraction of sp³-hybridized carbons (Fsp3) is 0.125. The highest BCUT2D eigenvalue weighted by atomic mass is 35.5. The van der Waals surface area contributed by atoms with Crippen LogP contribution in [0.4, 0.5) is 0 Å². The third kappa shape index (κ3) is 4.49. The molecule has 1 amide bonds. The average Bonchev–Trinajstić information content (AvgIpc) is 2.55. The van der Waals surface area contributed by atoms with Crippen molar-refractivity contribution in [2.45, 2.75) is 0 Å². The van der Waals surface area contributed by atoms with Crippen LogP contribution < -0.4 is 14.9 Å². The quantitative estimate of drug-likeness (QED) is 0.658. The normalized spacial score (nSPS) is 10.5. The number of hydrazone groups is 1. The van der Waals surface area contributed by atoms with E-state index >= 15 is 0 Å². The number of methoxy groups -OCH3 is 1. The van der Waals surface area contributed by atoms with Gasteiger partial charge in [-0.05, 0) is 18.2 Å². The Kier molecular flexibility index (Phi) is 5.80. The third-order valence-corrected chi connectivity index (χ3v) is 3.07. The zero-order valence-corrected chi connectivity index (χ0v) is 12.7. The van der Waals surface area contributed by atoms with Crippen molar-refractivity contribution < 1.29 is 14.3 Å². The molecule has 2 aromatic carbocycles. The summed E-state index contributed by atoms with van der Waals surface area (Å²) in [5, 5.41) is 4.40. The molecule has 1 N–H and O–H groups in total. The zero-order chi connectivity index (χ0) is 15.8. The van der Waals surface area contributed by atoms with Crippen molar-refractivity contribution in [3.05, 3.63) is 59.1 Å². The van der Waals surface area contributed by atoms with Gasteiger partial charge >= 0.3 is 0 Å². The van der Waals surface area contributed by atoms with E-state index in [-0.39, 0.29) is 12.5 Å². The Morgan fingerprint density at radius 2 is 1.86 bits per heavy atom. The molecule has 0 aliphatic rings. The molecule has 6 heteroatoms. The van der Waals surface area contributed by atoms with Gasteiger partial charge in [-0.1, -0.05) is 41.9 Å². The van der Waals surface area contributed by atoms with E-state index < -0.39 is 0 Å². The van der Waals surface area contributed by atoms with E-state index in [2.05, 4.69) is 10.5 Å². The second-order valence-corrected chi connectivity index (χ2v) is 4.66. The van der Waals surface area contributed by atoms with Crippen LogP contribution in [0.5, 0.6) is 11.5 Å². The highest BCUT2D eigenvalue weighted by molar-refractivity contribution is 6.33. The topological polar surface area (TPSA) is 59.9 Å². The number of hydrogen-bond acceptors (Lipinski definition) is 4. The summed E-state index contributed by atoms with van der Waals surface area (Å²) in [5.41, 5.74) is 3.09. The van der Waals surface area contributed by atoms with Crippen molar-refractivity contribution in [1.29, 1.82) is 0 Å². The molecule has 2 aromatic rings. The van der Waals surface area contributed by atoms with Crippen LogP contribution in [0.1, 0.15) is 5.56 Å². The Hall–Kier alpha value is -2.53. The number of nitrogens with zero attached hydrogens (tertiary/aromatic N) is 1. The lowest BCUT2D eigenvalue weighted by molar-refractivity contribution is -0.123. The molecular weight excluding hydrogens is 304 g/mol. The van der Waals surface area contributed by atoms with Gasteiger partial charge in [-0.3, -0.25) is 4.79 Å². The van der Waals surface area contributed by atoms with Gasteiger partial charge in [-0.2, -0.15) is 5.10 Å². The Bertz CT molecular complexity index is 674. The van der Waals surface area contributed by atoms with Gasteiger partial charge in [-0.15, -0.1) is 0 Å². The number of ether oxygens (including phenoxy) is 2. The van der Waals surface area contributed by atoms with Crippen molar-refractivity contribution >= 4 is 23.7 Å². The van der Waals surface area contributed by atoms with Gasteiger partial charge in [-0.25, -0.2) is 5.43 Å². The molecule has 0 saturated carbocycles. The van der Waals surface area contributed by atoms with Gasteiger partial charge in [0.1, 0.15) is 0 Å². The van der Waals surface area contributed by atoms with Gasteiger partial charge in [0.05, 0.1) is 13.3 Å². The highest BCUT2D eigenvalue weighted by Gasteiger charge is 2.05. The number of nitrogens with one attached hydrogen (secondary N) is 1. The largest absolute Gasteiger partial charge is 0.493 e. The summed E-state index contributed by atoms with van der Waals surface area (Å²) in [4.78, 5) is 11.7. The van der Waals surface area contributed by atoms with E-state index in [0.29, 0.717) is 16.5 Å². The standard InChI is InChI=1S/C16H15ClN2O3/c1-21-14-8-4-5-9-15(14)22-11-16(20)19-18-10-12-6-2-3-7-13(12)17/h2-10H,11H2,1H3,(H,19,20)/b18-10+. The molecule has 0 aromatic heterocycles. The molecule has 0 radical (unpaired) electrons. The van der Waals surface area contributed by atoms with Crippen LogP contribution in [0.3, 0.4) is 0 Å². The maximum Gasteiger partial charge on any atom is 0.277 e. The number of halogens is 1. The molecule has 0 atom stereocenters. The molecule has 2 rings (SSSR count). The van der Waals surface area contributed by atoms with E-state index in [4.69, 9.17) is 21.1 Å². The molecule has 114 valence electrons.